The molecule has 0 unspecified atom stereocenters. The molecule has 1 aromatic heterocycles. The average molecular weight is 355 g/mol. The summed E-state index contributed by atoms with van der Waals surface area (Å²) in [7, 11) is 0. The first kappa shape index (κ1) is 16.2. The maximum Gasteiger partial charge on any atom is 0.337 e. The molecule has 4 rings (SSSR count). The maximum atomic E-state index is 12.7. The molecule has 1 saturated heterocycles. The second kappa shape index (κ2) is 6.55. The van der Waals surface area contributed by atoms with Crippen LogP contribution in [0.4, 0.5) is 5.82 Å². The molecule has 0 aliphatic carbocycles. The lowest BCUT2D eigenvalue weighted by Gasteiger charge is -2.35. The topological polar surface area (TPSA) is 92.2 Å². The van der Waals surface area contributed by atoms with Gasteiger partial charge in [-0.05, 0) is 30.3 Å². The van der Waals surface area contributed by atoms with E-state index in [-0.39, 0.29) is 18.3 Å². The molecule has 3 heterocycles. The standard InChI is InChI=1S/C18H17N3O5/c22-17(12-1-3-14-15(9-12)26-11-25-14)21-7-5-20(6-8-21)16-4-2-13(10-19-16)18(23)24/h1-4,9-10H,5-8,11H2,(H,23,24). The van der Waals surface area contributed by atoms with Crippen LogP contribution in [0.5, 0.6) is 11.5 Å². The van der Waals surface area contributed by atoms with Crippen molar-refractivity contribution in [3.05, 3.63) is 47.7 Å². The van der Waals surface area contributed by atoms with Crippen LogP contribution in [0.2, 0.25) is 0 Å². The van der Waals surface area contributed by atoms with Gasteiger partial charge < -0.3 is 24.4 Å². The molecule has 0 bridgehead atoms. The van der Waals surface area contributed by atoms with Crippen LogP contribution >= 0.6 is 0 Å². The minimum absolute atomic E-state index is 0.0443. The molecule has 1 fully saturated rings. The zero-order valence-electron chi connectivity index (χ0n) is 13.9. The number of carboxylic acids is 1. The molecule has 1 N–H and O–H groups in total. The zero-order valence-corrected chi connectivity index (χ0v) is 13.9. The Balaban J connectivity index is 1.40. The van der Waals surface area contributed by atoms with Crippen molar-refractivity contribution in [3.63, 3.8) is 0 Å². The summed E-state index contributed by atoms with van der Waals surface area (Å²) in [6, 6.07) is 8.44. The van der Waals surface area contributed by atoms with Gasteiger partial charge in [-0.1, -0.05) is 0 Å². The summed E-state index contributed by atoms with van der Waals surface area (Å²) in [5, 5.41) is 8.93. The highest BCUT2D eigenvalue weighted by molar-refractivity contribution is 5.95. The summed E-state index contributed by atoms with van der Waals surface area (Å²) < 4.78 is 10.6. The van der Waals surface area contributed by atoms with E-state index in [4.69, 9.17) is 14.6 Å². The molecule has 0 spiro atoms. The Morgan fingerprint density at radius 3 is 2.38 bits per heavy atom. The van der Waals surface area contributed by atoms with Crippen LogP contribution in [0, 0.1) is 0 Å². The Kier molecular flexibility index (Phi) is 4.08. The van der Waals surface area contributed by atoms with Crippen molar-refractivity contribution in [1.82, 2.24) is 9.88 Å². The second-order valence-corrected chi connectivity index (χ2v) is 6.06. The number of carbonyl (C=O) groups is 2. The van der Waals surface area contributed by atoms with Gasteiger partial charge in [0.1, 0.15) is 5.82 Å². The van der Waals surface area contributed by atoms with Crippen molar-refractivity contribution in [2.45, 2.75) is 0 Å². The van der Waals surface area contributed by atoms with E-state index in [0.717, 1.165) is 0 Å². The van der Waals surface area contributed by atoms with Crippen LogP contribution in [0.3, 0.4) is 0 Å². The van der Waals surface area contributed by atoms with Crippen LogP contribution in [0.25, 0.3) is 0 Å². The van der Waals surface area contributed by atoms with E-state index in [0.29, 0.717) is 49.1 Å². The number of aromatic nitrogens is 1. The van der Waals surface area contributed by atoms with Crippen LogP contribution < -0.4 is 14.4 Å². The molecule has 2 aliphatic heterocycles. The molecule has 0 saturated carbocycles. The molecular formula is C18H17N3O5. The third kappa shape index (κ3) is 3.01. The number of ether oxygens (including phenoxy) is 2. The Hall–Kier alpha value is -3.29. The number of carbonyl (C=O) groups excluding carboxylic acids is 1. The summed E-state index contributed by atoms with van der Waals surface area (Å²) in [5.74, 6) is 0.921. The van der Waals surface area contributed by atoms with Crippen molar-refractivity contribution in [2.75, 3.05) is 37.9 Å². The normalized spacial score (nSPS) is 15.8. The fraction of sp³-hybridized carbons (Fsp3) is 0.278. The van der Waals surface area contributed by atoms with Gasteiger partial charge in [0, 0.05) is 37.9 Å². The number of carboxylic acid groups (broad SMARTS) is 1. The fourth-order valence-corrected chi connectivity index (χ4v) is 3.05. The molecule has 2 aliphatic rings. The highest BCUT2D eigenvalue weighted by Gasteiger charge is 2.24. The van der Waals surface area contributed by atoms with Crippen LogP contribution in [0.1, 0.15) is 20.7 Å². The van der Waals surface area contributed by atoms with Crippen molar-refractivity contribution >= 4 is 17.7 Å². The fourth-order valence-electron chi connectivity index (χ4n) is 3.05. The van der Waals surface area contributed by atoms with Crippen LogP contribution in [-0.4, -0.2) is 59.8 Å². The van der Waals surface area contributed by atoms with Gasteiger partial charge in [0.15, 0.2) is 11.5 Å². The number of hydrogen-bond acceptors (Lipinski definition) is 6. The van der Waals surface area contributed by atoms with Crippen molar-refractivity contribution < 1.29 is 24.2 Å². The van der Waals surface area contributed by atoms with Crippen molar-refractivity contribution in [2.24, 2.45) is 0 Å². The number of piperazine rings is 1. The zero-order chi connectivity index (χ0) is 18.1. The Bertz CT molecular complexity index is 844. The number of aromatic carboxylic acids is 1. The minimum Gasteiger partial charge on any atom is -0.478 e. The minimum atomic E-state index is -0.997. The lowest BCUT2D eigenvalue weighted by Crippen LogP contribution is -2.49. The molecule has 26 heavy (non-hydrogen) atoms. The molecule has 134 valence electrons. The Labute approximate surface area is 149 Å². The Morgan fingerprint density at radius 1 is 0.962 bits per heavy atom. The van der Waals surface area contributed by atoms with Gasteiger partial charge in [0.2, 0.25) is 6.79 Å². The van der Waals surface area contributed by atoms with Crippen molar-refractivity contribution in [3.8, 4) is 11.5 Å². The van der Waals surface area contributed by atoms with Gasteiger partial charge in [-0.25, -0.2) is 9.78 Å². The number of pyridine rings is 1. The third-order valence-electron chi connectivity index (χ3n) is 4.51. The number of benzene rings is 1. The Morgan fingerprint density at radius 2 is 1.69 bits per heavy atom. The van der Waals surface area contributed by atoms with Gasteiger partial charge in [-0.2, -0.15) is 0 Å². The van der Waals surface area contributed by atoms with Gasteiger partial charge in [-0.3, -0.25) is 4.79 Å². The molecule has 8 heteroatoms. The summed E-state index contributed by atoms with van der Waals surface area (Å²) in [4.78, 5) is 31.6. The number of hydrogen-bond donors (Lipinski definition) is 1. The van der Waals surface area contributed by atoms with E-state index in [1.165, 1.54) is 12.3 Å². The van der Waals surface area contributed by atoms with Crippen LogP contribution in [-0.2, 0) is 0 Å². The molecule has 8 nitrogen and oxygen atoms in total. The first-order chi connectivity index (χ1) is 12.6. The van der Waals surface area contributed by atoms with Crippen molar-refractivity contribution in [1.29, 1.82) is 0 Å². The second-order valence-electron chi connectivity index (χ2n) is 6.06. The summed E-state index contributed by atoms with van der Waals surface area (Å²) in [6.45, 7) is 2.58. The molecule has 1 amide bonds. The molecule has 1 aromatic carbocycles. The predicted octanol–water partition coefficient (Wildman–Crippen LogP) is 1.47. The van der Waals surface area contributed by atoms with Gasteiger partial charge in [0.25, 0.3) is 5.91 Å². The molecule has 2 aromatic rings. The third-order valence-corrected chi connectivity index (χ3v) is 4.51. The quantitative estimate of drug-likeness (QED) is 0.891. The largest absolute Gasteiger partial charge is 0.478 e. The lowest BCUT2D eigenvalue weighted by atomic mass is 10.1. The SMILES string of the molecule is O=C(O)c1ccc(N2CCN(C(=O)c3ccc4c(c3)OCO4)CC2)nc1. The number of nitrogens with zero attached hydrogens (tertiary/aromatic N) is 3. The number of amides is 1. The van der Waals surface area contributed by atoms with Gasteiger partial charge in [-0.15, -0.1) is 0 Å². The lowest BCUT2D eigenvalue weighted by molar-refractivity contribution is 0.0694. The first-order valence-corrected chi connectivity index (χ1v) is 8.25. The smallest absolute Gasteiger partial charge is 0.337 e. The van der Waals surface area contributed by atoms with E-state index >= 15 is 0 Å². The number of rotatable bonds is 3. The summed E-state index contributed by atoms with van der Waals surface area (Å²) in [6.07, 6.45) is 1.35. The van der Waals surface area contributed by atoms with E-state index in [9.17, 15) is 9.59 Å². The monoisotopic (exact) mass is 355 g/mol. The van der Waals surface area contributed by atoms with Gasteiger partial charge in [0.05, 0.1) is 5.56 Å². The van der Waals surface area contributed by atoms with E-state index in [2.05, 4.69) is 4.98 Å². The van der Waals surface area contributed by atoms with E-state index < -0.39 is 5.97 Å². The predicted molar refractivity (Wildman–Crippen MR) is 91.9 cm³/mol. The van der Waals surface area contributed by atoms with Gasteiger partial charge >= 0.3 is 5.97 Å². The summed E-state index contributed by atoms with van der Waals surface area (Å²) in [5.41, 5.74) is 0.733. The highest BCUT2D eigenvalue weighted by Crippen LogP contribution is 2.32. The summed E-state index contributed by atoms with van der Waals surface area (Å²) >= 11 is 0. The molecule has 0 atom stereocenters. The number of fused-ring (bicyclic) bond motifs is 1. The number of anilines is 1. The average Bonchev–Trinajstić information content (AvgIpc) is 3.15. The first-order valence-electron chi connectivity index (χ1n) is 8.25. The molecule has 0 radical (unpaired) electrons. The van der Waals surface area contributed by atoms with E-state index in [1.807, 2.05) is 4.90 Å². The maximum absolute atomic E-state index is 12.7. The molecular weight excluding hydrogens is 338 g/mol. The van der Waals surface area contributed by atoms with Crippen LogP contribution in [0.15, 0.2) is 36.5 Å². The highest BCUT2D eigenvalue weighted by atomic mass is 16.7. The van der Waals surface area contributed by atoms with E-state index in [1.54, 1.807) is 29.2 Å².